The first-order valence-electron chi connectivity index (χ1n) is 9.96. The van der Waals surface area contributed by atoms with Crippen molar-refractivity contribution in [2.45, 2.75) is 17.7 Å². The van der Waals surface area contributed by atoms with E-state index in [2.05, 4.69) is 0 Å². The van der Waals surface area contributed by atoms with Gasteiger partial charge >= 0.3 is 5.97 Å². The summed E-state index contributed by atoms with van der Waals surface area (Å²) in [6.45, 7) is 0.305. The van der Waals surface area contributed by atoms with Gasteiger partial charge in [-0.25, -0.2) is 8.42 Å². The lowest BCUT2D eigenvalue weighted by Crippen LogP contribution is -2.43. The monoisotopic (exact) mass is 485 g/mol. The van der Waals surface area contributed by atoms with E-state index in [4.69, 9.17) is 31.6 Å². The van der Waals surface area contributed by atoms with Crippen molar-refractivity contribution in [2.75, 3.05) is 20.2 Å². The molecular weight excluding hydrogens is 466 g/mol. The lowest BCUT2D eigenvalue weighted by molar-refractivity contribution is -0.140. The largest absolute Gasteiger partial charge is 0.493 e. The second kappa shape index (κ2) is 10.5. The summed E-state index contributed by atoms with van der Waals surface area (Å²) in [4.78, 5) is 12.9. The molecule has 2 aromatic carbocycles. The van der Waals surface area contributed by atoms with Crippen LogP contribution in [0.2, 0.25) is 5.02 Å². The van der Waals surface area contributed by atoms with E-state index in [-0.39, 0.29) is 28.5 Å². The summed E-state index contributed by atoms with van der Waals surface area (Å²) in [6.07, 6.45) is 2.38. The van der Waals surface area contributed by atoms with Gasteiger partial charge < -0.3 is 9.47 Å². The van der Waals surface area contributed by atoms with Crippen molar-refractivity contribution >= 4 is 33.7 Å². The van der Waals surface area contributed by atoms with Crippen molar-refractivity contribution in [3.63, 3.8) is 0 Å². The average Bonchev–Trinajstić information content (AvgIpc) is 2.83. The fraction of sp³-hybridized carbons (Fsp3) is 0.261. The maximum atomic E-state index is 13.0. The van der Waals surface area contributed by atoms with Crippen LogP contribution in [0.25, 0.3) is 6.08 Å². The maximum Gasteiger partial charge on any atom is 0.315 e. The van der Waals surface area contributed by atoms with Gasteiger partial charge in [0.1, 0.15) is 17.7 Å². The first kappa shape index (κ1) is 24.3. The number of ether oxygens (including phenoxy) is 2. The SMILES string of the molecule is COc1cc(C=C(C#N)C#N)ccc1OC(=O)C1CCCN(S(=O)(=O)c2ccc(Cl)cc2)C1. The average molecular weight is 486 g/mol. The zero-order valence-corrected chi connectivity index (χ0v) is 19.3. The number of carbonyl (C=O) groups excluding carboxylic acids is 1. The van der Waals surface area contributed by atoms with Crippen molar-refractivity contribution < 1.29 is 22.7 Å². The van der Waals surface area contributed by atoms with Crippen LogP contribution < -0.4 is 9.47 Å². The van der Waals surface area contributed by atoms with Gasteiger partial charge in [0.2, 0.25) is 10.0 Å². The highest BCUT2D eigenvalue weighted by Gasteiger charge is 2.34. The molecule has 0 aromatic heterocycles. The van der Waals surface area contributed by atoms with Gasteiger partial charge in [0.25, 0.3) is 0 Å². The standard InChI is InChI=1S/C23H20ClN3O5S/c1-31-22-12-16(11-17(13-25)14-26)4-9-21(22)32-23(28)18-3-2-10-27(15-18)33(29,30)20-7-5-19(24)6-8-20/h4-9,11-12,18H,2-3,10,15H2,1H3. The molecule has 3 rings (SSSR count). The number of hydrogen-bond acceptors (Lipinski definition) is 7. The molecule has 0 saturated carbocycles. The molecule has 0 aliphatic carbocycles. The Hall–Kier alpha value is -3.37. The Morgan fingerprint density at radius 1 is 1.15 bits per heavy atom. The molecule has 1 unspecified atom stereocenters. The first-order valence-corrected chi connectivity index (χ1v) is 11.8. The Morgan fingerprint density at radius 2 is 1.85 bits per heavy atom. The smallest absolute Gasteiger partial charge is 0.315 e. The van der Waals surface area contributed by atoms with Crippen LogP contribution in [-0.4, -0.2) is 38.9 Å². The van der Waals surface area contributed by atoms with Crippen LogP contribution in [0.3, 0.4) is 0 Å². The minimum Gasteiger partial charge on any atom is -0.493 e. The van der Waals surface area contributed by atoms with Crippen LogP contribution >= 0.6 is 11.6 Å². The van der Waals surface area contributed by atoms with Gasteiger partial charge in [-0.15, -0.1) is 0 Å². The number of nitrogens with zero attached hydrogens (tertiary/aromatic N) is 3. The van der Waals surface area contributed by atoms with Gasteiger partial charge in [-0.1, -0.05) is 17.7 Å². The molecule has 2 aromatic rings. The van der Waals surface area contributed by atoms with E-state index in [1.165, 1.54) is 53.9 Å². The Kier molecular flexibility index (Phi) is 7.72. The van der Waals surface area contributed by atoms with Crippen LogP contribution in [0.15, 0.2) is 52.9 Å². The zero-order chi connectivity index (χ0) is 24.0. The Morgan fingerprint density at radius 3 is 2.48 bits per heavy atom. The van der Waals surface area contributed by atoms with E-state index in [0.717, 1.165) is 0 Å². The molecule has 33 heavy (non-hydrogen) atoms. The number of sulfonamides is 1. The normalized spacial score (nSPS) is 16.2. The summed E-state index contributed by atoms with van der Waals surface area (Å²) in [7, 11) is -2.37. The van der Waals surface area contributed by atoms with Crippen molar-refractivity contribution in [1.29, 1.82) is 10.5 Å². The van der Waals surface area contributed by atoms with Gasteiger partial charge in [0.05, 0.1) is 17.9 Å². The Bertz CT molecular complexity index is 1240. The predicted octanol–water partition coefficient (Wildman–Crippen LogP) is 3.79. The number of piperidine rings is 1. The Balaban J connectivity index is 1.75. The number of esters is 1. The number of carbonyl (C=O) groups is 1. The molecule has 1 aliphatic heterocycles. The predicted molar refractivity (Wildman–Crippen MR) is 121 cm³/mol. The minimum atomic E-state index is -3.77. The molecule has 170 valence electrons. The molecule has 8 nitrogen and oxygen atoms in total. The van der Waals surface area contributed by atoms with E-state index in [0.29, 0.717) is 30.0 Å². The quantitative estimate of drug-likeness (QED) is 0.346. The number of hydrogen-bond donors (Lipinski definition) is 0. The lowest BCUT2D eigenvalue weighted by Gasteiger charge is -2.30. The maximum absolute atomic E-state index is 13.0. The zero-order valence-electron chi connectivity index (χ0n) is 17.7. The molecular formula is C23H20ClN3O5S. The fourth-order valence-corrected chi connectivity index (χ4v) is 5.06. The molecule has 1 saturated heterocycles. The van der Waals surface area contributed by atoms with Crippen LogP contribution in [0.5, 0.6) is 11.5 Å². The summed E-state index contributed by atoms with van der Waals surface area (Å²) in [5.74, 6) is -0.808. The third-order valence-corrected chi connectivity index (χ3v) is 7.25. The van der Waals surface area contributed by atoms with E-state index in [1.54, 1.807) is 18.2 Å². The summed E-state index contributed by atoms with van der Waals surface area (Å²) < 4.78 is 38.0. The molecule has 0 radical (unpaired) electrons. The van der Waals surface area contributed by atoms with Crippen LogP contribution in [-0.2, 0) is 14.8 Å². The van der Waals surface area contributed by atoms with Crippen LogP contribution in [0.4, 0.5) is 0 Å². The van der Waals surface area contributed by atoms with E-state index in [9.17, 15) is 13.2 Å². The second-order valence-electron chi connectivity index (χ2n) is 7.27. The highest BCUT2D eigenvalue weighted by Crippen LogP contribution is 2.31. The number of nitriles is 2. The summed E-state index contributed by atoms with van der Waals surface area (Å²) >= 11 is 5.85. The van der Waals surface area contributed by atoms with E-state index >= 15 is 0 Å². The molecule has 0 amide bonds. The number of allylic oxidation sites excluding steroid dienone is 1. The second-order valence-corrected chi connectivity index (χ2v) is 9.64. The summed E-state index contributed by atoms with van der Waals surface area (Å²) in [5.41, 5.74) is 0.452. The minimum absolute atomic E-state index is 0.000624. The molecule has 1 aliphatic rings. The molecule has 0 N–H and O–H groups in total. The number of halogens is 1. The number of methoxy groups -OCH3 is 1. The van der Waals surface area contributed by atoms with Crippen molar-refractivity contribution in [3.8, 4) is 23.6 Å². The molecule has 1 fully saturated rings. The van der Waals surface area contributed by atoms with E-state index in [1.807, 2.05) is 0 Å². The number of rotatable bonds is 6. The molecule has 1 atom stereocenters. The third kappa shape index (κ3) is 5.71. The molecule has 1 heterocycles. The summed E-state index contributed by atoms with van der Waals surface area (Å²) in [5, 5.41) is 18.2. The molecule has 0 spiro atoms. The third-order valence-electron chi connectivity index (χ3n) is 5.12. The highest BCUT2D eigenvalue weighted by atomic mass is 35.5. The molecule has 10 heteroatoms. The van der Waals surface area contributed by atoms with Crippen LogP contribution in [0.1, 0.15) is 18.4 Å². The van der Waals surface area contributed by atoms with Crippen molar-refractivity contribution in [3.05, 3.63) is 58.6 Å². The van der Waals surface area contributed by atoms with Crippen molar-refractivity contribution in [2.24, 2.45) is 5.92 Å². The van der Waals surface area contributed by atoms with E-state index < -0.39 is 21.9 Å². The van der Waals surface area contributed by atoms with Gasteiger partial charge in [-0.05, 0) is 60.9 Å². The lowest BCUT2D eigenvalue weighted by atomic mass is 10.00. The van der Waals surface area contributed by atoms with Gasteiger partial charge in [-0.3, -0.25) is 4.79 Å². The topological polar surface area (TPSA) is 120 Å². The Labute approximate surface area is 197 Å². The number of benzene rings is 2. The van der Waals surface area contributed by atoms with Gasteiger partial charge in [-0.2, -0.15) is 14.8 Å². The van der Waals surface area contributed by atoms with Gasteiger partial charge in [0.15, 0.2) is 11.5 Å². The highest BCUT2D eigenvalue weighted by molar-refractivity contribution is 7.89. The fourth-order valence-electron chi connectivity index (χ4n) is 3.41. The molecule has 0 bridgehead atoms. The summed E-state index contributed by atoms with van der Waals surface area (Å²) in [6, 6.07) is 14.0. The first-order chi connectivity index (χ1) is 15.8. The van der Waals surface area contributed by atoms with Crippen LogP contribution in [0, 0.1) is 28.6 Å². The van der Waals surface area contributed by atoms with Gasteiger partial charge in [0, 0.05) is 18.1 Å². The van der Waals surface area contributed by atoms with Crippen molar-refractivity contribution in [1.82, 2.24) is 4.31 Å².